The number of aromatic amines is 1. The smallest absolute Gasteiger partial charge is 0.335 e. The summed E-state index contributed by atoms with van der Waals surface area (Å²) in [6.07, 6.45) is 2.27. The highest BCUT2D eigenvalue weighted by Crippen LogP contribution is 2.19. The Balaban J connectivity index is 1.67. The summed E-state index contributed by atoms with van der Waals surface area (Å²) in [5, 5.41) is 12.6. The van der Waals surface area contributed by atoms with Crippen LogP contribution in [-0.2, 0) is 11.2 Å². The van der Waals surface area contributed by atoms with Gasteiger partial charge in [0.05, 0.1) is 11.6 Å². The number of carbonyl (C=O) groups is 2. The molecule has 1 amide bonds. The Hall–Kier alpha value is -3.12. The van der Waals surface area contributed by atoms with Crippen LogP contribution in [0.2, 0.25) is 0 Å². The Morgan fingerprint density at radius 2 is 1.83 bits per heavy atom. The molecule has 3 aromatic rings. The second-order valence-corrected chi connectivity index (χ2v) is 5.54. The van der Waals surface area contributed by atoms with E-state index in [1.165, 1.54) is 12.1 Å². The molecule has 0 fully saturated rings. The summed E-state index contributed by atoms with van der Waals surface area (Å²) in [5.74, 6) is -1.33. The molecule has 0 aliphatic rings. The molecule has 0 unspecified atom stereocenters. The SMILES string of the molecule is N[C@@H](Cc1c[nH]c2ccccc12)C(=O)Nc1ccc(C(=O)O)cc1. The van der Waals surface area contributed by atoms with E-state index in [0.29, 0.717) is 12.1 Å². The van der Waals surface area contributed by atoms with Gasteiger partial charge in [0, 0.05) is 22.8 Å². The minimum absolute atomic E-state index is 0.163. The molecule has 0 saturated heterocycles. The molecule has 2 aromatic carbocycles. The Morgan fingerprint density at radius 3 is 2.54 bits per heavy atom. The van der Waals surface area contributed by atoms with Crippen LogP contribution in [-0.4, -0.2) is 28.0 Å². The van der Waals surface area contributed by atoms with Gasteiger partial charge in [-0.1, -0.05) is 18.2 Å². The molecule has 0 aliphatic carbocycles. The van der Waals surface area contributed by atoms with Gasteiger partial charge in [0.25, 0.3) is 0 Å². The number of anilines is 1. The van der Waals surface area contributed by atoms with E-state index in [1.54, 1.807) is 12.1 Å². The lowest BCUT2D eigenvalue weighted by molar-refractivity contribution is -0.117. The summed E-state index contributed by atoms with van der Waals surface area (Å²) < 4.78 is 0. The van der Waals surface area contributed by atoms with E-state index in [4.69, 9.17) is 10.8 Å². The first-order valence-electron chi connectivity index (χ1n) is 7.49. The van der Waals surface area contributed by atoms with E-state index in [2.05, 4.69) is 10.3 Å². The number of nitrogens with two attached hydrogens (primary N) is 1. The van der Waals surface area contributed by atoms with Gasteiger partial charge in [-0.3, -0.25) is 4.79 Å². The number of benzene rings is 2. The van der Waals surface area contributed by atoms with E-state index in [1.807, 2.05) is 30.5 Å². The molecule has 1 heterocycles. The highest BCUT2D eigenvalue weighted by Gasteiger charge is 2.16. The molecule has 0 spiro atoms. The monoisotopic (exact) mass is 323 g/mol. The van der Waals surface area contributed by atoms with Crippen LogP contribution in [0.3, 0.4) is 0 Å². The Labute approximate surface area is 138 Å². The lowest BCUT2D eigenvalue weighted by Gasteiger charge is -2.12. The average molecular weight is 323 g/mol. The number of aromatic carboxylic acids is 1. The summed E-state index contributed by atoms with van der Waals surface area (Å²) in [7, 11) is 0. The molecule has 0 bridgehead atoms. The highest BCUT2D eigenvalue weighted by atomic mass is 16.4. The van der Waals surface area contributed by atoms with Crippen LogP contribution in [0.15, 0.2) is 54.7 Å². The van der Waals surface area contributed by atoms with E-state index in [9.17, 15) is 9.59 Å². The first-order chi connectivity index (χ1) is 11.5. The highest BCUT2D eigenvalue weighted by molar-refractivity contribution is 5.96. The number of nitrogens with one attached hydrogen (secondary N) is 2. The van der Waals surface area contributed by atoms with Gasteiger partial charge in [0.2, 0.25) is 5.91 Å². The van der Waals surface area contributed by atoms with Crippen LogP contribution in [0, 0.1) is 0 Å². The van der Waals surface area contributed by atoms with Gasteiger partial charge >= 0.3 is 5.97 Å². The summed E-state index contributed by atoms with van der Waals surface area (Å²) in [6, 6.07) is 13.1. The fraction of sp³-hybridized carbons (Fsp3) is 0.111. The van der Waals surface area contributed by atoms with Crippen LogP contribution in [0.4, 0.5) is 5.69 Å². The second-order valence-electron chi connectivity index (χ2n) is 5.54. The molecule has 1 atom stereocenters. The standard InChI is InChI=1S/C18H17N3O3/c19-15(9-12-10-20-16-4-2-1-3-14(12)16)17(22)21-13-7-5-11(6-8-13)18(23)24/h1-8,10,15,20H,9,19H2,(H,21,22)(H,23,24)/t15-/m0/s1. The summed E-state index contributed by atoms with van der Waals surface area (Å²) in [6.45, 7) is 0. The van der Waals surface area contributed by atoms with E-state index >= 15 is 0 Å². The zero-order chi connectivity index (χ0) is 17.1. The molecule has 5 N–H and O–H groups in total. The quantitative estimate of drug-likeness (QED) is 0.578. The third-order valence-electron chi connectivity index (χ3n) is 3.85. The molecule has 0 aliphatic heterocycles. The predicted molar refractivity (Wildman–Crippen MR) is 92.0 cm³/mol. The molecule has 0 saturated carbocycles. The molecular weight excluding hydrogens is 306 g/mol. The summed E-state index contributed by atoms with van der Waals surface area (Å²) in [5.41, 5.74) is 8.67. The largest absolute Gasteiger partial charge is 0.478 e. The van der Waals surface area contributed by atoms with Gasteiger partial charge in [-0.05, 0) is 42.3 Å². The van der Waals surface area contributed by atoms with Crippen molar-refractivity contribution in [3.63, 3.8) is 0 Å². The topological polar surface area (TPSA) is 108 Å². The molecular formula is C18H17N3O3. The van der Waals surface area contributed by atoms with Crippen LogP contribution in [0.1, 0.15) is 15.9 Å². The number of para-hydroxylation sites is 1. The average Bonchev–Trinajstić information content (AvgIpc) is 2.98. The number of rotatable bonds is 5. The number of carbonyl (C=O) groups excluding carboxylic acids is 1. The maximum Gasteiger partial charge on any atom is 0.335 e. The number of H-pyrrole nitrogens is 1. The van der Waals surface area contributed by atoms with Gasteiger partial charge in [-0.15, -0.1) is 0 Å². The normalized spacial score (nSPS) is 12.0. The van der Waals surface area contributed by atoms with Crippen LogP contribution in [0.25, 0.3) is 10.9 Å². The van der Waals surface area contributed by atoms with Crippen molar-refractivity contribution in [3.05, 3.63) is 65.9 Å². The number of carboxylic acids is 1. The fourth-order valence-electron chi connectivity index (χ4n) is 2.56. The van der Waals surface area contributed by atoms with Crippen molar-refractivity contribution in [1.82, 2.24) is 4.98 Å². The lowest BCUT2D eigenvalue weighted by Crippen LogP contribution is -2.37. The maximum absolute atomic E-state index is 12.2. The molecule has 0 radical (unpaired) electrons. The van der Waals surface area contributed by atoms with Crippen molar-refractivity contribution < 1.29 is 14.7 Å². The van der Waals surface area contributed by atoms with E-state index in [-0.39, 0.29) is 11.5 Å². The number of aromatic nitrogens is 1. The molecule has 6 nitrogen and oxygen atoms in total. The van der Waals surface area contributed by atoms with Crippen molar-refractivity contribution in [2.75, 3.05) is 5.32 Å². The number of hydrogen-bond donors (Lipinski definition) is 4. The second kappa shape index (κ2) is 6.55. The number of amides is 1. The minimum Gasteiger partial charge on any atom is -0.478 e. The van der Waals surface area contributed by atoms with Crippen molar-refractivity contribution in [3.8, 4) is 0 Å². The Kier molecular flexibility index (Phi) is 4.31. The Bertz CT molecular complexity index is 884. The summed E-state index contributed by atoms with van der Waals surface area (Å²) >= 11 is 0. The molecule has 24 heavy (non-hydrogen) atoms. The fourth-order valence-corrected chi connectivity index (χ4v) is 2.56. The molecule has 3 rings (SSSR count). The van der Waals surface area contributed by atoms with Crippen molar-refractivity contribution in [2.24, 2.45) is 5.73 Å². The van der Waals surface area contributed by atoms with Gasteiger partial charge in [-0.2, -0.15) is 0 Å². The minimum atomic E-state index is -1.01. The van der Waals surface area contributed by atoms with Crippen LogP contribution >= 0.6 is 0 Å². The number of carboxylic acid groups (broad SMARTS) is 1. The number of hydrogen-bond acceptors (Lipinski definition) is 3. The van der Waals surface area contributed by atoms with Crippen molar-refractivity contribution in [2.45, 2.75) is 12.5 Å². The van der Waals surface area contributed by atoms with E-state index in [0.717, 1.165) is 16.5 Å². The molecule has 122 valence electrons. The Morgan fingerprint density at radius 1 is 1.12 bits per heavy atom. The first-order valence-corrected chi connectivity index (χ1v) is 7.49. The lowest BCUT2D eigenvalue weighted by atomic mass is 10.0. The predicted octanol–water partition coefficient (Wildman–Crippen LogP) is 2.37. The third kappa shape index (κ3) is 3.28. The van der Waals surface area contributed by atoms with Gasteiger partial charge in [0.1, 0.15) is 0 Å². The van der Waals surface area contributed by atoms with Gasteiger partial charge in [-0.25, -0.2) is 4.79 Å². The number of fused-ring (bicyclic) bond motifs is 1. The van der Waals surface area contributed by atoms with Crippen molar-refractivity contribution >= 4 is 28.5 Å². The maximum atomic E-state index is 12.2. The summed E-state index contributed by atoms with van der Waals surface area (Å²) in [4.78, 5) is 26.2. The van der Waals surface area contributed by atoms with Crippen LogP contribution in [0.5, 0.6) is 0 Å². The zero-order valence-electron chi connectivity index (χ0n) is 12.8. The molecule has 1 aromatic heterocycles. The zero-order valence-corrected chi connectivity index (χ0v) is 12.8. The van der Waals surface area contributed by atoms with E-state index < -0.39 is 12.0 Å². The van der Waals surface area contributed by atoms with Gasteiger partial charge in [0.15, 0.2) is 0 Å². The molecule has 6 heteroatoms. The van der Waals surface area contributed by atoms with Crippen molar-refractivity contribution in [1.29, 1.82) is 0 Å². The first kappa shape index (κ1) is 15.8. The van der Waals surface area contributed by atoms with Gasteiger partial charge < -0.3 is 21.1 Å². The van der Waals surface area contributed by atoms with Crippen LogP contribution < -0.4 is 11.1 Å². The third-order valence-corrected chi connectivity index (χ3v) is 3.85.